The minimum absolute atomic E-state index is 0.0831. The van der Waals surface area contributed by atoms with Crippen LogP contribution in [0.1, 0.15) is 46.3 Å². The van der Waals surface area contributed by atoms with Crippen LogP contribution in [0.25, 0.3) is 0 Å². The van der Waals surface area contributed by atoms with Crippen molar-refractivity contribution < 1.29 is 14.7 Å². The molecule has 124 valence electrons. The SMILES string of the molecule is O=C(O)Cc1cccc(C(=O)N2CCn3c(nnc3C3CC3)C2)c1. The second-order valence-electron chi connectivity index (χ2n) is 6.40. The van der Waals surface area contributed by atoms with E-state index in [-0.39, 0.29) is 12.3 Å². The molecule has 4 rings (SSSR count). The van der Waals surface area contributed by atoms with Crippen molar-refractivity contribution in [2.75, 3.05) is 6.54 Å². The number of carbonyl (C=O) groups is 2. The summed E-state index contributed by atoms with van der Waals surface area (Å²) in [6, 6.07) is 6.83. The van der Waals surface area contributed by atoms with Gasteiger partial charge in [0.25, 0.3) is 5.91 Å². The van der Waals surface area contributed by atoms with Crippen LogP contribution in [0.5, 0.6) is 0 Å². The second-order valence-corrected chi connectivity index (χ2v) is 6.40. The van der Waals surface area contributed by atoms with Crippen LogP contribution in [0.4, 0.5) is 0 Å². The van der Waals surface area contributed by atoms with E-state index in [4.69, 9.17) is 5.11 Å². The molecular formula is C17H18N4O3. The summed E-state index contributed by atoms with van der Waals surface area (Å²) in [6.07, 6.45) is 2.27. The molecule has 1 N–H and O–H groups in total. The fourth-order valence-electron chi connectivity index (χ4n) is 3.17. The van der Waals surface area contributed by atoms with Gasteiger partial charge in [0, 0.05) is 24.6 Å². The normalized spacial score (nSPS) is 16.8. The van der Waals surface area contributed by atoms with E-state index in [0.29, 0.717) is 36.7 Å². The highest BCUT2D eigenvalue weighted by Gasteiger charge is 2.33. The van der Waals surface area contributed by atoms with E-state index in [9.17, 15) is 9.59 Å². The smallest absolute Gasteiger partial charge is 0.307 e. The minimum Gasteiger partial charge on any atom is -0.481 e. The molecule has 7 nitrogen and oxygen atoms in total. The van der Waals surface area contributed by atoms with Crippen molar-refractivity contribution in [2.45, 2.75) is 38.3 Å². The van der Waals surface area contributed by atoms with E-state index in [1.807, 2.05) is 0 Å². The van der Waals surface area contributed by atoms with Crippen LogP contribution in [-0.4, -0.2) is 43.2 Å². The average Bonchev–Trinajstić information content (AvgIpc) is 3.33. The Morgan fingerprint density at radius 1 is 1.21 bits per heavy atom. The van der Waals surface area contributed by atoms with Crippen molar-refractivity contribution in [3.05, 3.63) is 47.0 Å². The Morgan fingerprint density at radius 3 is 2.79 bits per heavy atom. The number of aliphatic carboxylic acids is 1. The maximum atomic E-state index is 12.7. The van der Waals surface area contributed by atoms with Gasteiger partial charge in [-0.3, -0.25) is 9.59 Å². The number of hydrogen-bond donors (Lipinski definition) is 1. The highest BCUT2D eigenvalue weighted by Crippen LogP contribution is 2.39. The molecule has 1 aliphatic carbocycles. The molecule has 2 heterocycles. The van der Waals surface area contributed by atoms with Crippen LogP contribution >= 0.6 is 0 Å². The van der Waals surface area contributed by atoms with Gasteiger partial charge in [0.05, 0.1) is 13.0 Å². The fourth-order valence-corrected chi connectivity index (χ4v) is 3.17. The largest absolute Gasteiger partial charge is 0.481 e. The Bertz CT molecular complexity index is 810. The van der Waals surface area contributed by atoms with Gasteiger partial charge in [0.2, 0.25) is 0 Å². The molecule has 1 aliphatic heterocycles. The molecule has 0 unspecified atom stereocenters. The van der Waals surface area contributed by atoms with Gasteiger partial charge < -0.3 is 14.6 Å². The zero-order valence-corrected chi connectivity index (χ0v) is 13.2. The molecule has 1 saturated carbocycles. The number of nitrogens with zero attached hydrogens (tertiary/aromatic N) is 4. The third-order valence-corrected chi connectivity index (χ3v) is 4.54. The summed E-state index contributed by atoms with van der Waals surface area (Å²) in [4.78, 5) is 25.3. The molecule has 0 saturated heterocycles. The van der Waals surface area contributed by atoms with Crippen molar-refractivity contribution in [3.8, 4) is 0 Å². The lowest BCUT2D eigenvalue weighted by Crippen LogP contribution is -2.38. The van der Waals surface area contributed by atoms with Gasteiger partial charge in [-0.1, -0.05) is 12.1 Å². The number of amides is 1. The third kappa shape index (κ3) is 2.77. The summed E-state index contributed by atoms with van der Waals surface area (Å²) in [5.74, 6) is 1.43. The Labute approximate surface area is 138 Å². The average molecular weight is 326 g/mol. The number of hydrogen-bond acceptors (Lipinski definition) is 4. The lowest BCUT2D eigenvalue weighted by molar-refractivity contribution is -0.136. The first-order valence-corrected chi connectivity index (χ1v) is 8.14. The number of carbonyl (C=O) groups excluding carboxylic acids is 1. The summed E-state index contributed by atoms with van der Waals surface area (Å²) in [7, 11) is 0. The molecule has 2 aliphatic rings. The number of carboxylic acids is 1. The quantitative estimate of drug-likeness (QED) is 0.918. The Balaban J connectivity index is 1.52. The molecule has 1 aromatic carbocycles. The van der Waals surface area contributed by atoms with Crippen LogP contribution in [0.15, 0.2) is 24.3 Å². The standard InChI is InChI=1S/C17H18N4O3/c22-15(23)9-11-2-1-3-13(8-11)17(24)20-6-7-21-14(10-20)18-19-16(21)12-4-5-12/h1-3,8,12H,4-7,9-10H2,(H,22,23). The topological polar surface area (TPSA) is 88.3 Å². The van der Waals surface area contributed by atoms with E-state index in [2.05, 4.69) is 14.8 Å². The number of carboxylic acid groups (broad SMARTS) is 1. The van der Waals surface area contributed by atoms with Gasteiger partial charge in [-0.05, 0) is 30.5 Å². The summed E-state index contributed by atoms with van der Waals surface area (Å²) >= 11 is 0. The summed E-state index contributed by atoms with van der Waals surface area (Å²) in [6.45, 7) is 1.78. The molecule has 0 spiro atoms. The molecule has 24 heavy (non-hydrogen) atoms. The monoisotopic (exact) mass is 326 g/mol. The molecule has 0 radical (unpaired) electrons. The van der Waals surface area contributed by atoms with Crippen LogP contribution in [0, 0.1) is 0 Å². The van der Waals surface area contributed by atoms with Crippen LogP contribution in [0.2, 0.25) is 0 Å². The molecular weight excluding hydrogens is 308 g/mol. The zero-order chi connectivity index (χ0) is 16.7. The molecule has 1 amide bonds. The van der Waals surface area contributed by atoms with Gasteiger partial charge in [-0.2, -0.15) is 0 Å². The maximum Gasteiger partial charge on any atom is 0.307 e. The number of fused-ring (bicyclic) bond motifs is 1. The molecule has 7 heteroatoms. The summed E-state index contributed by atoms with van der Waals surface area (Å²) < 4.78 is 2.14. The summed E-state index contributed by atoms with van der Waals surface area (Å²) in [5, 5.41) is 17.4. The van der Waals surface area contributed by atoms with Crippen molar-refractivity contribution in [1.29, 1.82) is 0 Å². The first kappa shape index (κ1) is 14.9. The van der Waals surface area contributed by atoms with E-state index < -0.39 is 5.97 Å². The van der Waals surface area contributed by atoms with Gasteiger partial charge in [0.15, 0.2) is 5.82 Å². The van der Waals surface area contributed by atoms with E-state index >= 15 is 0 Å². The van der Waals surface area contributed by atoms with Crippen LogP contribution in [0.3, 0.4) is 0 Å². The zero-order valence-electron chi connectivity index (χ0n) is 13.2. The molecule has 2 aromatic rings. The third-order valence-electron chi connectivity index (χ3n) is 4.54. The number of aromatic nitrogens is 3. The molecule has 1 aromatic heterocycles. The van der Waals surface area contributed by atoms with E-state index in [1.54, 1.807) is 29.2 Å². The molecule has 0 bridgehead atoms. The second kappa shape index (κ2) is 5.74. The van der Waals surface area contributed by atoms with Crippen LogP contribution in [-0.2, 0) is 24.3 Å². The van der Waals surface area contributed by atoms with Crippen LogP contribution < -0.4 is 0 Å². The fraction of sp³-hybridized carbons (Fsp3) is 0.412. The highest BCUT2D eigenvalue weighted by atomic mass is 16.4. The lowest BCUT2D eigenvalue weighted by Gasteiger charge is -2.28. The van der Waals surface area contributed by atoms with Crippen molar-refractivity contribution in [2.24, 2.45) is 0 Å². The number of benzene rings is 1. The molecule has 1 fully saturated rings. The highest BCUT2D eigenvalue weighted by molar-refractivity contribution is 5.94. The first-order valence-electron chi connectivity index (χ1n) is 8.14. The van der Waals surface area contributed by atoms with Gasteiger partial charge in [-0.25, -0.2) is 0 Å². The molecule has 0 atom stereocenters. The lowest BCUT2D eigenvalue weighted by atomic mass is 10.1. The van der Waals surface area contributed by atoms with Gasteiger partial charge in [-0.15, -0.1) is 10.2 Å². The van der Waals surface area contributed by atoms with Crippen molar-refractivity contribution >= 4 is 11.9 Å². The van der Waals surface area contributed by atoms with E-state index in [0.717, 1.165) is 11.6 Å². The van der Waals surface area contributed by atoms with Gasteiger partial charge in [0.1, 0.15) is 5.82 Å². The number of rotatable bonds is 4. The van der Waals surface area contributed by atoms with Crippen molar-refractivity contribution in [3.63, 3.8) is 0 Å². The Morgan fingerprint density at radius 2 is 2.04 bits per heavy atom. The maximum absolute atomic E-state index is 12.7. The minimum atomic E-state index is -0.904. The predicted octanol–water partition coefficient (Wildman–Crippen LogP) is 1.44. The predicted molar refractivity (Wildman–Crippen MR) is 84.5 cm³/mol. The van der Waals surface area contributed by atoms with Crippen molar-refractivity contribution in [1.82, 2.24) is 19.7 Å². The Hall–Kier alpha value is -2.70. The first-order chi connectivity index (χ1) is 11.6. The van der Waals surface area contributed by atoms with Gasteiger partial charge >= 0.3 is 5.97 Å². The summed E-state index contributed by atoms with van der Waals surface area (Å²) in [5.41, 5.74) is 1.15. The van der Waals surface area contributed by atoms with E-state index in [1.165, 1.54) is 12.8 Å². The Kier molecular flexibility index (Phi) is 3.55.